The van der Waals surface area contributed by atoms with Crippen molar-refractivity contribution in [2.45, 2.75) is 64.1 Å². The Morgan fingerprint density at radius 2 is 1.76 bits per heavy atom. The van der Waals surface area contributed by atoms with Gasteiger partial charge in [-0.25, -0.2) is 0 Å². The maximum absolute atomic E-state index is 6.11. The van der Waals surface area contributed by atoms with Crippen LogP contribution in [-0.4, -0.2) is 54.1 Å². The number of hydrogen-bond acceptors (Lipinski definition) is 3. The van der Waals surface area contributed by atoms with Crippen molar-refractivity contribution in [1.29, 1.82) is 0 Å². The van der Waals surface area contributed by atoms with Crippen molar-refractivity contribution in [3.05, 3.63) is 0 Å². The van der Waals surface area contributed by atoms with Crippen LogP contribution >= 0.6 is 0 Å². The molecule has 0 aromatic heterocycles. The smallest absolute Gasteiger partial charge is 0.0115 e. The lowest BCUT2D eigenvalue weighted by molar-refractivity contribution is 0.110. The second-order valence-electron chi connectivity index (χ2n) is 5.79. The predicted molar refractivity (Wildman–Crippen MR) is 73.1 cm³/mol. The molecular weight excluding hydrogens is 210 g/mol. The van der Waals surface area contributed by atoms with Gasteiger partial charge in [0.15, 0.2) is 0 Å². The highest BCUT2D eigenvalue weighted by molar-refractivity contribution is 4.96. The van der Waals surface area contributed by atoms with Crippen molar-refractivity contribution >= 4 is 0 Å². The van der Waals surface area contributed by atoms with Crippen LogP contribution in [0.15, 0.2) is 0 Å². The first kappa shape index (κ1) is 13.3. The molecule has 0 amide bonds. The van der Waals surface area contributed by atoms with Gasteiger partial charge in [0.1, 0.15) is 0 Å². The van der Waals surface area contributed by atoms with Crippen LogP contribution in [0.2, 0.25) is 0 Å². The van der Waals surface area contributed by atoms with Crippen LogP contribution in [-0.2, 0) is 0 Å². The number of piperidine rings is 1. The third kappa shape index (κ3) is 3.21. The van der Waals surface area contributed by atoms with Gasteiger partial charge in [-0.05, 0) is 45.2 Å². The Hall–Kier alpha value is -0.120. The van der Waals surface area contributed by atoms with Crippen LogP contribution in [0.25, 0.3) is 0 Å². The van der Waals surface area contributed by atoms with Crippen molar-refractivity contribution < 1.29 is 0 Å². The van der Waals surface area contributed by atoms with Crippen molar-refractivity contribution in [2.24, 2.45) is 5.73 Å². The van der Waals surface area contributed by atoms with Gasteiger partial charge in [-0.3, -0.25) is 4.90 Å². The zero-order valence-electron chi connectivity index (χ0n) is 11.6. The van der Waals surface area contributed by atoms with Gasteiger partial charge in [-0.2, -0.15) is 0 Å². The van der Waals surface area contributed by atoms with Gasteiger partial charge in [0.25, 0.3) is 0 Å². The zero-order chi connectivity index (χ0) is 12.3. The van der Waals surface area contributed by atoms with E-state index in [4.69, 9.17) is 5.73 Å². The lowest BCUT2D eigenvalue weighted by atomic mass is 9.98. The summed E-state index contributed by atoms with van der Waals surface area (Å²) >= 11 is 0. The number of nitrogens with two attached hydrogens (primary N) is 1. The molecular formula is C14H29N3. The third-order valence-electron chi connectivity index (χ3n) is 4.58. The van der Waals surface area contributed by atoms with E-state index < -0.39 is 0 Å². The van der Waals surface area contributed by atoms with Crippen molar-refractivity contribution in [2.75, 3.05) is 26.2 Å². The fourth-order valence-corrected chi connectivity index (χ4v) is 3.68. The van der Waals surface area contributed by atoms with Crippen LogP contribution in [0, 0.1) is 0 Å². The van der Waals surface area contributed by atoms with Crippen LogP contribution < -0.4 is 5.73 Å². The lowest BCUT2D eigenvalue weighted by Crippen LogP contribution is -2.49. The monoisotopic (exact) mass is 239 g/mol. The van der Waals surface area contributed by atoms with E-state index >= 15 is 0 Å². The summed E-state index contributed by atoms with van der Waals surface area (Å²) in [5, 5.41) is 0. The molecule has 0 spiro atoms. The summed E-state index contributed by atoms with van der Waals surface area (Å²) in [4.78, 5) is 5.33. The molecule has 2 bridgehead atoms. The average Bonchev–Trinajstić information content (AvgIpc) is 2.56. The first-order valence-corrected chi connectivity index (χ1v) is 7.48. The Bertz CT molecular complexity index is 218. The molecule has 2 fully saturated rings. The number of hydrogen-bond donors (Lipinski definition) is 1. The molecule has 0 aliphatic carbocycles. The molecule has 0 radical (unpaired) electrons. The molecule has 17 heavy (non-hydrogen) atoms. The van der Waals surface area contributed by atoms with E-state index in [1.807, 2.05) is 0 Å². The molecule has 2 aliphatic heterocycles. The van der Waals surface area contributed by atoms with E-state index in [9.17, 15) is 0 Å². The van der Waals surface area contributed by atoms with Gasteiger partial charge in [0.2, 0.25) is 0 Å². The van der Waals surface area contributed by atoms with Gasteiger partial charge in [0, 0.05) is 31.2 Å². The summed E-state index contributed by atoms with van der Waals surface area (Å²) in [7, 11) is 0. The Morgan fingerprint density at radius 3 is 2.29 bits per heavy atom. The quantitative estimate of drug-likeness (QED) is 0.765. The molecule has 0 aromatic rings. The highest BCUT2D eigenvalue weighted by Crippen LogP contribution is 2.34. The molecule has 3 nitrogen and oxygen atoms in total. The van der Waals surface area contributed by atoms with Crippen LogP contribution in [0.5, 0.6) is 0 Å². The molecule has 100 valence electrons. The Labute approximate surface area is 106 Å². The van der Waals surface area contributed by atoms with E-state index in [1.165, 1.54) is 58.3 Å². The zero-order valence-corrected chi connectivity index (χ0v) is 11.6. The largest absolute Gasteiger partial charge is 0.328 e. The summed E-state index contributed by atoms with van der Waals surface area (Å²) in [6.07, 6.45) is 6.51. The maximum atomic E-state index is 6.11. The van der Waals surface area contributed by atoms with Crippen LogP contribution in [0.4, 0.5) is 0 Å². The molecule has 3 heteroatoms. The molecule has 2 saturated heterocycles. The van der Waals surface area contributed by atoms with Crippen LogP contribution in [0.3, 0.4) is 0 Å². The molecule has 2 heterocycles. The predicted octanol–water partition coefficient (Wildman–Crippen LogP) is 1.67. The van der Waals surface area contributed by atoms with Gasteiger partial charge in [-0.15, -0.1) is 0 Å². The standard InChI is InChI=1S/C14H29N3/c1-3-7-16(4-2)8-9-17-13-5-6-14(17)11-12(15)10-13/h12-14H,3-11,15H2,1-2H3. The molecule has 2 aliphatic rings. The first-order valence-electron chi connectivity index (χ1n) is 7.48. The van der Waals surface area contributed by atoms with Gasteiger partial charge in [-0.1, -0.05) is 13.8 Å². The minimum absolute atomic E-state index is 0.474. The molecule has 2 rings (SSSR count). The van der Waals surface area contributed by atoms with Crippen molar-refractivity contribution in [3.63, 3.8) is 0 Å². The summed E-state index contributed by atoms with van der Waals surface area (Å²) in [6, 6.07) is 2.06. The summed E-state index contributed by atoms with van der Waals surface area (Å²) < 4.78 is 0. The number of rotatable bonds is 6. The van der Waals surface area contributed by atoms with E-state index in [0.717, 1.165) is 12.1 Å². The highest BCUT2D eigenvalue weighted by Gasteiger charge is 2.39. The van der Waals surface area contributed by atoms with Gasteiger partial charge in [0.05, 0.1) is 0 Å². The van der Waals surface area contributed by atoms with E-state index in [2.05, 4.69) is 23.6 Å². The Morgan fingerprint density at radius 1 is 1.12 bits per heavy atom. The summed E-state index contributed by atoms with van der Waals surface area (Å²) in [5.41, 5.74) is 6.11. The first-order chi connectivity index (χ1) is 8.24. The van der Waals surface area contributed by atoms with Gasteiger partial charge < -0.3 is 10.6 Å². The Balaban J connectivity index is 1.79. The fourth-order valence-electron chi connectivity index (χ4n) is 3.68. The van der Waals surface area contributed by atoms with E-state index in [1.54, 1.807) is 0 Å². The minimum Gasteiger partial charge on any atom is -0.328 e. The fraction of sp³-hybridized carbons (Fsp3) is 1.00. The highest BCUT2D eigenvalue weighted by atomic mass is 15.3. The number of nitrogens with zero attached hydrogens (tertiary/aromatic N) is 2. The molecule has 0 saturated carbocycles. The van der Waals surface area contributed by atoms with Crippen LogP contribution in [0.1, 0.15) is 46.0 Å². The SMILES string of the molecule is CCCN(CC)CCN1C2CCC1CC(N)C2. The topological polar surface area (TPSA) is 32.5 Å². The number of likely N-dealkylation sites (N-methyl/N-ethyl adjacent to an activating group) is 1. The third-order valence-corrected chi connectivity index (χ3v) is 4.58. The molecule has 0 aromatic carbocycles. The maximum Gasteiger partial charge on any atom is 0.0115 e. The average molecular weight is 239 g/mol. The van der Waals surface area contributed by atoms with Gasteiger partial charge >= 0.3 is 0 Å². The second-order valence-corrected chi connectivity index (χ2v) is 5.79. The summed E-state index contributed by atoms with van der Waals surface area (Å²) in [6.45, 7) is 9.49. The molecule has 2 N–H and O–H groups in total. The van der Waals surface area contributed by atoms with E-state index in [-0.39, 0.29) is 0 Å². The second kappa shape index (κ2) is 6.17. The van der Waals surface area contributed by atoms with Crippen molar-refractivity contribution in [3.8, 4) is 0 Å². The van der Waals surface area contributed by atoms with Crippen molar-refractivity contribution in [1.82, 2.24) is 9.80 Å². The normalized spacial score (nSPS) is 33.5. The Kier molecular flexibility index (Phi) is 4.83. The minimum atomic E-state index is 0.474. The number of fused-ring (bicyclic) bond motifs is 2. The summed E-state index contributed by atoms with van der Waals surface area (Å²) in [5.74, 6) is 0. The molecule has 2 atom stereocenters. The van der Waals surface area contributed by atoms with E-state index in [0.29, 0.717) is 6.04 Å². The lowest BCUT2D eigenvalue weighted by Gasteiger charge is -2.38. The molecule has 2 unspecified atom stereocenters.